The second-order valence-electron chi connectivity index (χ2n) is 4.63. The predicted molar refractivity (Wildman–Crippen MR) is 68.6 cm³/mol. The summed E-state index contributed by atoms with van der Waals surface area (Å²) in [6, 6.07) is 3.81. The van der Waals surface area contributed by atoms with E-state index in [1.54, 1.807) is 12.4 Å². The van der Waals surface area contributed by atoms with Crippen molar-refractivity contribution in [3.05, 3.63) is 30.1 Å². The van der Waals surface area contributed by atoms with E-state index in [4.69, 9.17) is 0 Å². The van der Waals surface area contributed by atoms with Gasteiger partial charge in [0.1, 0.15) is 0 Å². The van der Waals surface area contributed by atoms with E-state index >= 15 is 0 Å². The number of hydrogen-bond donors (Lipinski definition) is 2. The van der Waals surface area contributed by atoms with Gasteiger partial charge in [-0.1, -0.05) is 6.92 Å². The molecule has 1 aromatic rings. The average molecular weight is 235 g/mol. The van der Waals surface area contributed by atoms with Gasteiger partial charge in [-0.3, -0.25) is 9.78 Å². The van der Waals surface area contributed by atoms with Gasteiger partial charge in [0.25, 0.3) is 0 Å². The molecule has 0 bridgehead atoms. The van der Waals surface area contributed by atoms with Gasteiger partial charge in [-0.15, -0.1) is 0 Å². The zero-order valence-electron chi connectivity index (χ0n) is 10.9. The first-order valence-electron chi connectivity index (χ1n) is 5.93. The van der Waals surface area contributed by atoms with Gasteiger partial charge in [-0.2, -0.15) is 0 Å². The summed E-state index contributed by atoms with van der Waals surface area (Å²) < 4.78 is 0. The molecule has 17 heavy (non-hydrogen) atoms. The first-order chi connectivity index (χ1) is 7.97. The molecule has 0 aliphatic carbocycles. The number of amides is 1. The molecule has 0 spiro atoms. The molecule has 1 atom stereocenters. The molecule has 0 saturated carbocycles. The van der Waals surface area contributed by atoms with Crippen molar-refractivity contribution in [3.63, 3.8) is 0 Å². The summed E-state index contributed by atoms with van der Waals surface area (Å²) >= 11 is 0. The number of hydrogen-bond acceptors (Lipinski definition) is 3. The monoisotopic (exact) mass is 235 g/mol. The molecule has 0 aliphatic rings. The summed E-state index contributed by atoms with van der Waals surface area (Å²) in [5, 5.41) is 6.15. The fourth-order valence-corrected chi connectivity index (χ4v) is 1.63. The Kier molecular flexibility index (Phi) is 4.63. The van der Waals surface area contributed by atoms with E-state index in [2.05, 4.69) is 15.6 Å². The van der Waals surface area contributed by atoms with Crippen LogP contribution in [0.1, 0.15) is 39.3 Å². The summed E-state index contributed by atoms with van der Waals surface area (Å²) in [6.45, 7) is 8.48. The van der Waals surface area contributed by atoms with Gasteiger partial charge in [0.2, 0.25) is 5.91 Å². The molecule has 0 saturated heterocycles. The minimum atomic E-state index is -0.546. The van der Waals surface area contributed by atoms with Gasteiger partial charge in [-0.05, 0) is 45.0 Å². The van der Waals surface area contributed by atoms with Crippen LogP contribution in [0.15, 0.2) is 24.5 Å². The molecule has 4 nitrogen and oxygen atoms in total. The topological polar surface area (TPSA) is 54.0 Å². The van der Waals surface area contributed by atoms with E-state index in [1.165, 1.54) is 0 Å². The van der Waals surface area contributed by atoms with Crippen LogP contribution in [0.4, 0.5) is 0 Å². The molecule has 4 heteroatoms. The van der Waals surface area contributed by atoms with Gasteiger partial charge in [0.05, 0.1) is 11.6 Å². The van der Waals surface area contributed by atoms with E-state index < -0.39 is 5.54 Å². The SMILES string of the molecule is CCNC(C)(C)C(=O)NC(C)c1ccncc1. The van der Waals surface area contributed by atoms with Crippen molar-refractivity contribution >= 4 is 5.91 Å². The molecular formula is C13H21N3O. The molecule has 1 rings (SSSR count). The van der Waals surface area contributed by atoms with Gasteiger partial charge in [0.15, 0.2) is 0 Å². The highest BCUT2D eigenvalue weighted by atomic mass is 16.2. The fourth-order valence-electron chi connectivity index (χ4n) is 1.63. The first kappa shape index (κ1) is 13.6. The van der Waals surface area contributed by atoms with Crippen molar-refractivity contribution in [2.24, 2.45) is 0 Å². The standard InChI is InChI=1S/C13H21N3O/c1-5-15-13(3,4)12(17)16-10(2)11-6-8-14-9-7-11/h6-10,15H,5H2,1-4H3,(H,16,17). The number of aromatic nitrogens is 1. The number of nitrogens with one attached hydrogen (secondary N) is 2. The lowest BCUT2D eigenvalue weighted by atomic mass is 10.0. The number of pyridine rings is 1. The minimum absolute atomic E-state index is 0.00339. The predicted octanol–water partition coefficient (Wildman–Crippen LogP) is 1.65. The van der Waals surface area contributed by atoms with E-state index in [-0.39, 0.29) is 11.9 Å². The summed E-state index contributed by atoms with van der Waals surface area (Å²) in [6.07, 6.45) is 3.46. The Bertz CT molecular complexity index is 362. The van der Waals surface area contributed by atoms with Crippen LogP contribution in [0.3, 0.4) is 0 Å². The molecule has 1 unspecified atom stereocenters. The molecule has 1 aromatic heterocycles. The van der Waals surface area contributed by atoms with Crippen LogP contribution in [-0.2, 0) is 4.79 Å². The molecule has 0 fully saturated rings. The number of nitrogens with zero attached hydrogens (tertiary/aromatic N) is 1. The van der Waals surface area contributed by atoms with Crippen molar-refractivity contribution in [1.29, 1.82) is 0 Å². The van der Waals surface area contributed by atoms with Crippen LogP contribution in [0.25, 0.3) is 0 Å². The zero-order chi connectivity index (χ0) is 12.9. The van der Waals surface area contributed by atoms with Crippen LogP contribution < -0.4 is 10.6 Å². The van der Waals surface area contributed by atoms with Crippen molar-refractivity contribution in [2.45, 2.75) is 39.3 Å². The molecular weight excluding hydrogens is 214 g/mol. The van der Waals surface area contributed by atoms with Crippen LogP contribution in [-0.4, -0.2) is 23.0 Å². The fraction of sp³-hybridized carbons (Fsp3) is 0.538. The van der Waals surface area contributed by atoms with Gasteiger partial charge >= 0.3 is 0 Å². The second kappa shape index (κ2) is 5.77. The van der Waals surface area contributed by atoms with E-state index in [1.807, 2.05) is 39.8 Å². The Morgan fingerprint density at radius 2 is 2.00 bits per heavy atom. The summed E-state index contributed by atoms with van der Waals surface area (Å²) in [4.78, 5) is 16.0. The Balaban J connectivity index is 2.63. The summed E-state index contributed by atoms with van der Waals surface area (Å²) in [7, 11) is 0. The van der Waals surface area contributed by atoms with Crippen LogP contribution in [0.5, 0.6) is 0 Å². The lowest BCUT2D eigenvalue weighted by Crippen LogP contribution is -2.52. The average Bonchev–Trinajstić information content (AvgIpc) is 2.30. The maximum absolute atomic E-state index is 12.0. The number of carbonyl (C=O) groups is 1. The largest absolute Gasteiger partial charge is 0.348 e. The van der Waals surface area contributed by atoms with Crippen molar-refractivity contribution in [1.82, 2.24) is 15.6 Å². The quantitative estimate of drug-likeness (QED) is 0.816. The summed E-state index contributed by atoms with van der Waals surface area (Å²) in [5.74, 6) is 0.00339. The Labute approximate surface area is 103 Å². The zero-order valence-corrected chi connectivity index (χ0v) is 10.9. The normalized spacial score (nSPS) is 13.2. The third-order valence-electron chi connectivity index (χ3n) is 2.74. The molecule has 0 aromatic carbocycles. The number of rotatable bonds is 5. The Morgan fingerprint density at radius 1 is 1.41 bits per heavy atom. The molecule has 0 aliphatic heterocycles. The van der Waals surface area contributed by atoms with Crippen molar-refractivity contribution in [2.75, 3.05) is 6.54 Å². The van der Waals surface area contributed by atoms with Crippen LogP contribution >= 0.6 is 0 Å². The van der Waals surface area contributed by atoms with Crippen LogP contribution in [0.2, 0.25) is 0 Å². The lowest BCUT2D eigenvalue weighted by Gasteiger charge is -2.26. The van der Waals surface area contributed by atoms with Gasteiger partial charge < -0.3 is 10.6 Å². The van der Waals surface area contributed by atoms with E-state index in [0.717, 1.165) is 12.1 Å². The first-order valence-corrected chi connectivity index (χ1v) is 5.93. The third-order valence-corrected chi connectivity index (χ3v) is 2.74. The molecule has 2 N–H and O–H groups in total. The Morgan fingerprint density at radius 3 is 2.53 bits per heavy atom. The van der Waals surface area contributed by atoms with Crippen molar-refractivity contribution < 1.29 is 4.79 Å². The highest BCUT2D eigenvalue weighted by Gasteiger charge is 2.27. The highest BCUT2D eigenvalue weighted by molar-refractivity contribution is 5.85. The minimum Gasteiger partial charge on any atom is -0.348 e. The molecule has 0 radical (unpaired) electrons. The van der Waals surface area contributed by atoms with Gasteiger partial charge in [-0.25, -0.2) is 0 Å². The Hall–Kier alpha value is -1.42. The van der Waals surface area contributed by atoms with E-state index in [0.29, 0.717) is 0 Å². The molecule has 1 amide bonds. The smallest absolute Gasteiger partial charge is 0.240 e. The van der Waals surface area contributed by atoms with E-state index in [9.17, 15) is 4.79 Å². The maximum atomic E-state index is 12.0. The lowest BCUT2D eigenvalue weighted by molar-refractivity contribution is -0.127. The highest BCUT2D eigenvalue weighted by Crippen LogP contribution is 2.12. The van der Waals surface area contributed by atoms with Gasteiger partial charge in [0, 0.05) is 12.4 Å². The molecule has 1 heterocycles. The van der Waals surface area contributed by atoms with Crippen molar-refractivity contribution in [3.8, 4) is 0 Å². The number of likely N-dealkylation sites (N-methyl/N-ethyl adjacent to an activating group) is 1. The molecule has 94 valence electrons. The van der Waals surface area contributed by atoms with Crippen LogP contribution in [0, 0.1) is 0 Å². The number of carbonyl (C=O) groups excluding carboxylic acids is 1. The third kappa shape index (κ3) is 3.82. The summed E-state index contributed by atoms with van der Waals surface area (Å²) in [5.41, 5.74) is 0.511. The second-order valence-corrected chi connectivity index (χ2v) is 4.63. The maximum Gasteiger partial charge on any atom is 0.240 e.